The predicted molar refractivity (Wildman–Crippen MR) is 69.9 cm³/mol. The van der Waals surface area contributed by atoms with E-state index in [1.165, 1.54) is 22.4 Å². The van der Waals surface area contributed by atoms with Crippen LogP contribution in [0.5, 0.6) is 0 Å². The molecule has 0 aromatic rings. The lowest BCUT2D eigenvalue weighted by atomic mass is 9.99. The highest BCUT2D eigenvalue weighted by molar-refractivity contribution is 6.62. The Morgan fingerprint density at radius 3 is 1.47 bits per heavy atom. The van der Waals surface area contributed by atoms with E-state index >= 15 is 0 Å². The molecular weight excluding hydrogens is 195 g/mol. The maximum Gasteiger partial charge on any atom is 0.268 e. The topological polar surface area (TPSA) is 0 Å². The first-order valence-electron chi connectivity index (χ1n) is 7.42. The number of rotatable bonds is 3. The largest absolute Gasteiger partial charge is 0.268 e. The van der Waals surface area contributed by atoms with Gasteiger partial charge in [0.25, 0.3) is 14.1 Å². The van der Waals surface area contributed by atoms with Crippen LogP contribution in [0.25, 0.3) is 0 Å². The molecule has 0 N–H and O–H groups in total. The standard InChI is InChI=1S/2C6H11.C2H5.Al/c2*1-2-4-6-5-3-1;1-2;/h2*1H,2-6H2;1H2,2H3;. The summed E-state index contributed by atoms with van der Waals surface area (Å²) >= 11 is -0.376. The van der Waals surface area contributed by atoms with Gasteiger partial charge in [-0.2, -0.15) is 0 Å². The summed E-state index contributed by atoms with van der Waals surface area (Å²) in [5.41, 5.74) is 0. The maximum atomic E-state index is 2.50. The van der Waals surface area contributed by atoms with E-state index in [9.17, 15) is 0 Å². The van der Waals surface area contributed by atoms with E-state index in [-0.39, 0.29) is 14.1 Å². The average molecular weight is 222 g/mol. The first-order valence-corrected chi connectivity index (χ1v) is 9.56. The Bertz CT molecular complexity index is 148. The molecule has 0 unspecified atom stereocenters. The van der Waals surface area contributed by atoms with Crippen LogP contribution in [0.4, 0.5) is 0 Å². The molecule has 2 fully saturated rings. The first-order chi connectivity index (χ1) is 7.42. The fourth-order valence-electron chi connectivity index (χ4n) is 4.18. The lowest BCUT2D eigenvalue weighted by molar-refractivity contribution is 0.460. The van der Waals surface area contributed by atoms with Crippen molar-refractivity contribution in [3.05, 3.63) is 0 Å². The van der Waals surface area contributed by atoms with Crippen LogP contribution in [0.2, 0.25) is 14.8 Å². The summed E-state index contributed by atoms with van der Waals surface area (Å²) in [6.45, 7) is 2.50. The molecule has 2 aliphatic rings. The second-order valence-electron chi connectivity index (χ2n) is 5.87. The predicted octanol–water partition coefficient (Wildman–Crippen LogP) is 5.17. The fourth-order valence-corrected chi connectivity index (χ4v) is 8.93. The molecule has 0 bridgehead atoms. The van der Waals surface area contributed by atoms with Crippen LogP contribution in [0, 0.1) is 0 Å². The van der Waals surface area contributed by atoms with E-state index in [0.717, 1.165) is 0 Å². The molecule has 2 aliphatic carbocycles. The minimum atomic E-state index is -0.376. The van der Waals surface area contributed by atoms with Crippen molar-refractivity contribution in [1.29, 1.82) is 0 Å². The Kier molecular flexibility index (Phi) is 5.05. The zero-order chi connectivity index (χ0) is 10.5. The van der Waals surface area contributed by atoms with E-state index in [4.69, 9.17) is 0 Å². The van der Waals surface area contributed by atoms with Crippen LogP contribution < -0.4 is 0 Å². The monoisotopic (exact) mass is 222 g/mol. The molecule has 0 aromatic heterocycles. The van der Waals surface area contributed by atoms with Gasteiger partial charge in [0.1, 0.15) is 0 Å². The van der Waals surface area contributed by atoms with Gasteiger partial charge in [-0.05, 0) is 0 Å². The van der Waals surface area contributed by atoms with Crippen molar-refractivity contribution in [1.82, 2.24) is 0 Å². The fraction of sp³-hybridized carbons (Fsp3) is 1.00. The summed E-state index contributed by atoms with van der Waals surface area (Å²) < 4.78 is 2.48. The molecule has 0 aliphatic heterocycles. The van der Waals surface area contributed by atoms with Gasteiger partial charge in [0.2, 0.25) is 0 Å². The molecule has 0 saturated heterocycles. The second kappa shape index (κ2) is 6.31. The van der Waals surface area contributed by atoms with Gasteiger partial charge < -0.3 is 0 Å². The molecule has 0 aromatic carbocycles. The van der Waals surface area contributed by atoms with Crippen molar-refractivity contribution < 1.29 is 0 Å². The van der Waals surface area contributed by atoms with Gasteiger partial charge in [0, 0.05) is 0 Å². The van der Waals surface area contributed by atoms with Crippen molar-refractivity contribution in [3.63, 3.8) is 0 Å². The minimum absolute atomic E-state index is 0.376. The Morgan fingerprint density at radius 2 is 1.13 bits per heavy atom. The molecule has 0 spiro atoms. The number of hydrogen-bond donors (Lipinski definition) is 0. The van der Waals surface area contributed by atoms with Crippen molar-refractivity contribution in [2.24, 2.45) is 0 Å². The van der Waals surface area contributed by atoms with Crippen molar-refractivity contribution in [3.8, 4) is 0 Å². The van der Waals surface area contributed by atoms with Crippen molar-refractivity contribution in [2.45, 2.75) is 86.0 Å². The maximum absolute atomic E-state index is 2.50. The average Bonchev–Trinajstić information content (AvgIpc) is 2.33. The molecule has 2 rings (SSSR count). The van der Waals surface area contributed by atoms with Crippen LogP contribution in [0.3, 0.4) is 0 Å². The summed E-state index contributed by atoms with van der Waals surface area (Å²) in [4.78, 5) is 0. The van der Waals surface area contributed by atoms with E-state index in [0.29, 0.717) is 0 Å². The third kappa shape index (κ3) is 3.24. The molecule has 2 saturated carbocycles. The molecule has 0 radical (unpaired) electrons. The van der Waals surface area contributed by atoms with Gasteiger partial charge in [-0.3, -0.25) is 0 Å². The SMILES string of the molecule is C[CH2][Al]([CH]1CCCCC1)[CH]1CCCCC1. The van der Waals surface area contributed by atoms with Crippen LogP contribution in [0.15, 0.2) is 0 Å². The van der Waals surface area contributed by atoms with Crippen LogP contribution in [-0.2, 0) is 0 Å². The van der Waals surface area contributed by atoms with Gasteiger partial charge in [-0.15, -0.1) is 0 Å². The summed E-state index contributed by atoms with van der Waals surface area (Å²) in [5.74, 6) is 0. The normalized spacial score (nSPS) is 25.4. The van der Waals surface area contributed by atoms with E-state index in [2.05, 4.69) is 6.92 Å². The first kappa shape index (κ1) is 12.0. The molecule has 0 nitrogen and oxygen atoms in total. The highest BCUT2D eigenvalue weighted by Gasteiger charge is 2.34. The summed E-state index contributed by atoms with van der Waals surface area (Å²) in [5, 5.41) is 1.59. The smallest absolute Gasteiger partial charge is 0.0964 e. The molecule has 0 amide bonds. The van der Waals surface area contributed by atoms with Crippen LogP contribution in [-0.4, -0.2) is 14.1 Å². The molecule has 0 atom stereocenters. The lowest BCUT2D eigenvalue weighted by Gasteiger charge is -2.34. The van der Waals surface area contributed by atoms with E-state index in [1.54, 1.807) is 56.6 Å². The minimum Gasteiger partial charge on any atom is -0.0964 e. The quantitative estimate of drug-likeness (QED) is 0.578. The zero-order valence-electron chi connectivity index (χ0n) is 10.5. The van der Waals surface area contributed by atoms with E-state index in [1.807, 2.05) is 0 Å². The van der Waals surface area contributed by atoms with E-state index < -0.39 is 0 Å². The van der Waals surface area contributed by atoms with Gasteiger partial charge in [-0.1, -0.05) is 86.0 Å². The van der Waals surface area contributed by atoms with Crippen LogP contribution in [0.1, 0.15) is 71.1 Å². The molecular formula is C14H27Al. The highest BCUT2D eigenvalue weighted by atomic mass is 27.2. The Hall–Kier alpha value is 0.532. The van der Waals surface area contributed by atoms with Crippen molar-refractivity contribution in [2.75, 3.05) is 0 Å². The second-order valence-corrected chi connectivity index (χ2v) is 9.90. The molecule has 86 valence electrons. The van der Waals surface area contributed by atoms with Crippen LogP contribution >= 0.6 is 0 Å². The zero-order valence-corrected chi connectivity index (χ0v) is 11.7. The Balaban J connectivity index is 1.88. The lowest BCUT2D eigenvalue weighted by Crippen LogP contribution is -2.29. The van der Waals surface area contributed by atoms with Gasteiger partial charge in [0.15, 0.2) is 0 Å². The molecule has 15 heavy (non-hydrogen) atoms. The summed E-state index contributed by atoms with van der Waals surface area (Å²) in [6.07, 6.45) is 15.7. The van der Waals surface area contributed by atoms with Gasteiger partial charge in [-0.25, -0.2) is 0 Å². The third-order valence-electron chi connectivity index (χ3n) is 4.98. The number of hydrogen-bond acceptors (Lipinski definition) is 0. The highest BCUT2D eigenvalue weighted by Crippen LogP contribution is 2.42. The van der Waals surface area contributed by atoms with Gasteiger partial charge in [0.05, 0.1) is 0 Å². The summed E-state index contributed by atoms with van der Waals surface area (Å²) in [7, 11) is 0. The Labute approximate surface area is 100 Å². The molecule has 1 heteroatoms. The summed E-state index contributed by atoms with van der Waals surface area (Å²) in [6, 6.07) is 0. The van der Waals surface area contributed by atoms with Gasteiger partial charge >= 0.3 is 0 Å². The molecule has 0 heterocycles. The van der Waals surface area contributed by atoms with Crippen molar-refractivity contribution >= 4 is 14.1 Å². The Morgan fingerprint density at radius 1 is 0.733 bits per heavy atom. The third-order valence-corrected chi connectivity index (χ3v) is 9.68.